The molecule has 1 fully saturated rings. The molecule has 0 aromatic heterocycles. The molecule has 1 aliphatic rings. The average molecular weight is 276 g/mol. The van der Waals surface area contributed by atoms with Crippen LogP contribution in [0.15, 0.2) is 24.3 Å². The van der Waals surface area contributed by atoms with E-state index in [-0.39, 0.29) is 24.1 Å². The first-order chi connectivity index (χ1) is 9.58. The summed E-state index contributed by atoms with van der Waals surface area (Å²) in [6.07, 6.45) is 2.41. The Balaban J connectivity index is 1.87. The summed E-state index contributed by atoms with van der Waals surface area (Å²) in [4.78, 5) is 12.2. The summed E-state index contributed by atoms with van der Waals surface area (Å²) in [5.41, 5.74) is 1.94. The molecule has 1 aliphatic heterocycles. The van der Waals surface area contributed by atoms with Gasteiger partial charge in [-0.1, -0.05) is 18.2 Å². The van der Waals surface area contributed by atoms with E-state index in [0.717, 1.165) is 30.7 Å². The first kappa shape index (κ1) is 15.0. The second kappa shape index (κ2) is 6.86. The van der Waals surface area contributed by atoms with Gasteiger partial charge in [0.1, 0.15) is 0 Å². The van der Waals surface area contributed by atoms with Crippen LogP contribution in [0.3, 0.4) is 0 Å². The van der Waals surface area contributed by atoms with Gasteiger partial charge in [0.05, 0.1) is 12.1 Å². The van der Waals surface area contributed by atoms with E-state index in [4.69, 9.17) is 4.74 Å². The quantitative estimate of drug-likeness (QED) is 0.868. The average Bonchev–Trinajstić information content (AvgIpc) is 2.95. The summed E-state index contributed by atoms with van der Waals surface area (Å²) in [5, 5.41) is 6.29. The van der Waals surface area contributed by atoms with Crippen molar-refractivity contribution in [3.8, 4) is 0 Å². The van der Waals surface area contributed by atoms with Gasteiger partial charge in [-0.2, -0.15) is 0 Å². The fourth-order valence-corrected chi connectivity index (χ4v) is 2.53. The van der Waals surface area contributed by atoms with Crippen LogP contribution in [0.2, 0.25) is 0 Å². The van der Waals surface area contributed by atoms with Crippen LogP contribution in [0.1, 0.15) is 32.3 Å². The Labute approximate surface area is 120 Å². The van der Waals surface area contributed by atoms with Crippen LogP contribution < -0.4 is 10.6 Å². The third-order valence-electron chi connectivity index (χ3n) is 3.83. The molecule has 1 aromatic carbocycles. The molecule has 3 atom stereocenters. The molecule has 4 nitrogen and oxygen atoms in total. The molecule has 3 unspecified atom stereocenters. The molecule has 1 heterocycles. The minimum atomic E-state index is -0.242. The second-order valence-electron chi connectivity index (χ2n) is 5.53. The number of carbonyl (C=O) groups excluding carboxylic acids is 1. The second-order valence-corrected chi connectivity index (χ2v) is 5.53. The maximum Gasteiger partial charge on any atom is 0.241 e. The van der Waals surface area contributed by atoms with Crippen LogP contribution in [0.5, 0.6) is 0 Å². The van der Waals surface area contributed by atoms with Gasteiger partial charge in [-0.25, -0.2) is 0 Å². The van der Waals surface area contributed by atoms with Gasteiger partial charge in [-0.15, -0.1) is 0 Å². The molecule has 1 aromatic rings. The molecular weight excluding hydrogens is 252 g/mol. The Morgan fingerprint density at radius 3 is 2.75 bits per heavy atom. The largest absolute Gasteiger partial charge is 0.377 e. The highest BCUT2D eigenvalue weighted by Crippen LogP contribution is 2.16. The predicted octanol–water partition coefficient (Wildman–Crippen LogP) is 2.48. The fraction of sp³-hybridized carbons (Fsp3) is 0.562. The number of ether oxygens (including phenoxy) is 1. The van der Waals surface area contributed by atoms with E-state index in [0.29, 0.717) is 0 Å². The molecule has 110 valence electrons. The smallest absolute Gasteiger partial charge is 0.241 e. The minimum Gasteiger partial charge on any atom is -0.377 e. The lowest BCUT2D eigenvalue weighted by molar-refractivity contribution is -0.118. The lowest BCUT2D eigenvalue weighted by Crippen LogP contribution is -2.47. The zero-order valence-electron chi connectivity index (χ0n) is 12.5. The molecule has 20 heavy (non-hydrogen) atoms. The summed E-state index contributed by atoms with van der Waals surface area (Å²) < 4.78 is 5.64. The van der Waals surface area contributed by atoms with E-state index < -0.39 is 0 Å². The number of aryl methyl sites for hydroxylation is 1. The number of nitrogens with one attached hydrogen (secondary N) is 2. The van der Waals surface area contributed by atoms with Crippen LogP contribution in [0.4, 0.5) is 5.69 Å². The van der Waals surface area contributed by atoms with Crippen molar-refractivity contribution in [2.24, 2.45) is 0 Å². The van der Waals surface area contributed by atoms with Crippen LogP contribution in [0.25, 0.3) is 0 Å². The Morgan fingerprint density at radius 1 is 1.35 bits per heavy atom. The van der Waals surface area contributed by atoms with Gasteiger partial charge in [-0.3, -0.25) is 4.79 Å². The number of hydrogen-bond acceptors (Lipinski definition) is 3. The maximum absolute atomic E-state index is 12.2. The maximum atomic E-state index is 12.2. The lowest BCUT2D eigenvalue weighted by atomic mass is 10.1. The third-order valence-corrected chi connectivity index (χ3v) is 3.83. The fourth-order valence-electron chi connectivity index (χ4n) is 2.53. The highest BCUT2D eigenvalue weighted by atomic mass is 16.5. The topological polar surface area (TPSA) is 50.4 Å². The molecule has 2 N–H and O–H groups in total. The highest BCUT2D eigenvalue weighted by molar-refractivity contribution is 5.95. The zero-order chi connectivity index (χ0) is 14.5. The summed E-state index contributed by atoms with van der Waals surface area (Å²) in [6, 6.07) is 7.75. The van der Waals surface area contributed by atoms with Crippen molar-refractivity contribution in [3.05, 3.63) is 29.8 Å². The van der Waals surface area contributed by atoms with Gasteiger partial charge in [0.15, 0.2) is 0 Å². The van der Waals surface area contributed by atoms with Gasteiger partial charge in [0, 0.05) is 18.3 Å². The van der Waals surface area contributed by atoms with E-state index in [1.807, 2.05) is 38.1 Å². The molecular formula is C16H24N2O2. The van der Waals surface area contributed by atoms with E-state index >= 15 is 0 Å². The molecule has 0 saturated carbocycles. The van der Waals surface area contributed by atoms with Gasteiger partial charge >= 0.3 is 0 Å². The Morgan fingerprint density at radius 2 is 2.10 bits per heavy atom. The number of carbonyl (C=O) groups is 1. The van der Waals surface area contributed by atoms with Gasteiger partial charge in [0.25, 0.3) is 0 Å². The van der Waals surface area contributed by atoms with Crippen LogP contribution in [0, 0.1) is 6.92 Å². The summed E-state index contributed by atoms with van der Waals surface area (Å²) in [5.74, 6) is -0.0100. The number of hydrogen-bond donors (Lipinski definition) is 2. The minimum absolute atomic E-state index is 0.0100. The molecule has 0 bridgehead atoms. The Bertz CT molecular complexity index is 456. The van der Waals surface area contributed by atoms with Gasteiger partial charge in [-0.05, 0) is 45.2 Å². The van der Waals surface area contributed by atoms with Crippen molar-refractivity contribution >= 4 is 11.6 Å². The normalized spacial score (nSPS) is 21.4. The van der Waals surface area contributed by atoms with E-state index in [1.165, 1.54) is 0 Å². The number of rotatable bonds is 5. The molecule has 1 saturated heterocycles. The van der Waals surface area contributed by atoms with Gasteiger partial charge in [0.2, 0.25) is 5.91 Å². The number of anilines is 1. The summed E-state index contributed by atoms with van der Waals surface area (Å²) in [6.45, 7) is 6.79. The molecule has 0 aliphatic carbocycles. The van der Waals surface area contributed by atoms with Gasteiger partial charge < -0.3 is 15.4 Å². The molecule has 2 rings (SSSR count). The van der Waals surface area contributed by atoms with Crippen LogP contribution in [-0.4, -0.2) is 30.7 Å². The number of para-hydroxylation sites is 1. The summed E-state index contributed by atoms with van der Waals surface area (Å²) in [7, 11) is 0. The zero-order valence-corrected chi connectivity index (χ0v) is 12.5. The molecule has 1 amide bonds. The van der Waals surface area contributed by atoms with Crippen molar-refractivity contribution < 1.29 is 9.53 Å². The lowest BCUT2D eigenvalue weighted by Gasteiger charge is -2.24. The molecule has 0 radical (unpaired) electrons. The van der Waals surface area contributed by atoms with Crippen LogP contribution >= 0.6 is 0 Å². The highest BCUT2D eigenvalue weighted by Gasteiger charge is 2.25. The number of benzene rings is 1. The summed E-state index contributed by atoms with van der Waals surface area (Å²) >= 11 is 0. The third kappa shape index (κ3) is 3.81. The van der Waals surface area contributed by atoms with Crippen LogP contribution in [-0.2, 0) is 9.53 Å². The SMILES string of the molecule is Cc1ccccc1NC(=O)C(C)NC(C)C1CCCO1. The first-order valence-electron chi connectivity index (χ1n) is 7.32. The van der Waals surface area contributed by atoms with E-state index in [9.17, 15) is 4.79 Å². The Hall–Kier alpha value is -1.39. The van der Waals surface area contributed by atoms with Crippen molar-refractivity contribution in [2.75, 3.05) is 11.9 Å². The Kier molecular flexibility index (Phi) is 5.15. The van der Waals surface area contributed by atoms with E-state index in [2.05, 4.69) is 17.6 Å². The van der Waals surface area contributed by atoms with Crippen molar-refractivity contribution in [3.63, 3.8) is 0 Å². The van der Waals surface area contributed by atoms with Crippen molar-refractivity contribution in [2.45, 2.75) is 51.8 Å². The predicted molar refractivity (Wildman–Crippen MR) is 80.8 cm³/mol. The standard InChI is InChI=1S/C16H24N2O2/c1-11-7-4-5-8-14(11)18-16(19)13(3)17-12(2)15-9-6-10-20-15/h4-5,7-8,12-13,15,17H,6,9-10H2,1-3H3,(H,18,19). The number of amides is 1. The monoisotopic (exact) mass is 276 g/mol. The van der Waals surface area contributed by atoms with Crippen molar-refractivity contribution in [1.29, 1.82) is 0 Å². The van der Waals surface area contributed by atoms with Crippen molar-refractivity contribution in [1.82, 2.24) is 5.32 Å². The molecule has 4 heteroatoms. The molecule has 0 spiro atoms. The van der Waals surface area contributed by atoms with E-state index in [1.54, 1.807) is 0 Å². The first-order valence-corrected chi connectivity index (χ1v) is 7.32.